The predicted octanol–water partition coefficient (Wildman–Crippen LogP) is 4.20. The fourth-order valence-corrected chi connectivity index (χ4v) is 2.71. The van der Waals surface area contributed by atoms with Gasteiger partial charge in [-0.25, -0.2) is 4.98 Å². The molecule has 0 fully saturated rings. The Balaban J connectivity index is 1.97. The van der Waals surface area contributed by atoms with E-state index in [1.807, 2.05) is 47.8 Å². The van der Waals surface area contributed by atoms with Crippen molar-refractivity contribution >= 4 is 34.1 Å². The molecule has 3 nitrogen and oxygen atoms in total. The first-order chi connectivity index (χ1) is 10.3. The van der Waals surface area contributed by atoms with Crippen LogP contribution < -0.4 is 4.74 Å². The van der Waals surface area contributed by atoms with Crippen molar-refractivity contribution < 1.29 is 9.53 Å². The molecule has 0 saturated carbocycles. The van der Waals surface area contributed by atoms with Gasteiger partial charge < -0.3 is 4.74 Å². The number of ether oxygens (including phenoxy) is 1. The Morgan fingerprint density at radius 3 is 2.86 bits per heavy atom. The molecule has 0 aliphatic carbocycles. The number of carbonyl (C=O) groups excluding carboxylic acids is 1. The summed E-state index contributed by atoms with van der Waals surface area (Å²) in [5, 5.41) is 2.90. The van der Waals surface area contributed by atoms with Gasteiger partial charge in [-0.2, -0.15) is 0 Å². The minimum Gasteiger partial charge on any atom is -0.481 e. The molecule has 4 heteroatoms. The fraction of sp³-hybridized carbons (Fsp3) is 0.0588. The highest BCUT2D eigenvalue weighted by Gasteiger charge is 2.06. The topological polar surface area (TPSA) is 39.2 Å². The van der Waals surface area contributed by atoms with Crippen molar-refractivity contribution in [2.45, 2.75) is 0 Å². The molecule has 0 unspecified atom stereocenters. The minimum atomic E-state index is -0.0137. The van der Waals surface area contributed by atoms with Gasteiger partial charge >= 0.3 is 0 Å². The number of fused-ring (bicyclic) bond motifs is 1. The summed E-state index contributed by atoms with van der Waals surface area (Å²) in [6, 6.07) is 13.5. The minimum absolute atomic E-state index is 0.0137. The van der Waals surface area contributed by atoms with Crippen LogP contribution in [0.2, 0.25) is 0 Å². The summed E-state index contributed by atoms with van der Waals surface area (Å²) in [4.78, 5) is 17.2. The highest BCUT2D eigenvalue weighted by atomic mass is 32.1. The van der Waals surface area contributed by atoms with Crippen molar-refractivity contribution in [3.8, 4) is 5.88 Å². The summed E-state index contributed by atoms with van der Waals surface area (Å²) < 4.78 is 5.31. The maximum absolute atomic E-state index is 12.0. The van der Waals surface area contributed by atoms with Gasteiger partial charge in [0.05, 0.1) is 17.5 Å². The fourth-order valence-electron chi connectivity index (χ4n) is 2.06. The van der Waals surface area contributed by atoms with E-state index in [2.05, 4.69) is 4.98 Å². The molecule has 21 heavy (non-hydrogen) atoms. The molecule has 2 heterocycles. The number of ketones is 1. The number of aromatic nitrogens is 1. The van der Waals surface area contributed by atoms with E-state index in [0.29, 0.717) is 5.88 Å². The Bertz CT molecular complexity index is 807. The summed E-state index contributed by atoms with van der Waals surface area (Å²) in [6.07, 6.45) is 3.31. The van der Waals surface area contributed by atoms with E-state index < -0.39 is 0 Å². The molecule has 2 aromatic heterocycles. The van der Waals surface area contributed by atoms with Crippen LogP contribution in [0.1, 0.15) is 15.2 Å². The van der Waals surface area contributed by atoms with Gasteiger partial charge in [0.25, 0.3) is 0 Å². The smallest absolute Gasteiger partial charge is 0.221 e. The highest BCUT2D eigenvalue weighted by Crippen LogP contribution is 2.23. The largest absolute Gasteiger partial charge is 0.481 e. The van der Waals surface area contributed by atoms with Crippen LogP contribution in [0.25, 0.3) is 17.0 Å². The first kappa shape index (κ1) is 13.5. The van der Waals surface area contributed by atoms with Gasteiger partial charge in [0, 0.05) is 10.9 Å². The molecule has 104 valence electrons. The number of pyridine rings is 1. The molecule has 0 N–H and O–H groups in total. The number of allylic oxidation sites excluding steroid dienone is 1. The van der Waals surface area contributed by atoms with Gasteiger partial charge in [0.2, 0.25) is 5.88 Å². The van der Waals surface area contributed by atoms with E-state index in [1.54, 1.807) is 19.3 Å². The van der Waals surface area contributed by atoms with Crippen LogP contribution in [0, 0.1) is 0 Å². The quantitative estimate of drug-likeness (QED) is 0.535. The molecule has 1 aromatic carbocycles. The first-order valence-electron chi connectivity index (χ1n) is 6.47. The van der Waals surface area contributed by atoms with Crippen LogP contribution >= 0.6 is 11.3 Å². The number of para-hydroxylation sites is 1. The number of hydrogen-bond donors (Lipinski definition) is 0. The zero-order valence-corrected chi connectivity index (χ0v) is 12.3. The third kappa shape index (κ3) is 2.85. The van der Waals surface area contributed by atoms with Gasteiger partial charge in [-0.3, -0.25) is 4.79 Å². The molecule has 0 aliphatic heterocycles. The molecule has 0 amide bonds. The second-order valence-electron chi connectivity index (χ2n) is 4.45. The van der Waals surface area contributed by atoms with Gasteiger partial charge in [-0.1, -0.05) is 24.3 Å². The van der Waals surface area contributed by atoms with Crippen LogP contribution in [-0.4, -0.2) is 17.9 Å². The van der Waals surface area contributed by atoms with E-state index in [4.69, 9.17) is 4.74 Å². The van der Waals surface area contributed by atoms with Gasteiger partial charge in [0.1, 0.15) is 0 Å². The van der Waals surface area contributed by atoms with Crippen LogP contribution in [-0.2, 0) is 0 Å². The Kier molecular flexibility index (Phi) is 3.79. The number of thiophene rings is 1. The molecule has 0 radical (unpaired) electrons. The van der Waals surface area contributed by atoms with Gasteiger partial charge in [-0.05, 0) is 35.7 Å². The first-order valence-corrected chi connectivity index (χ1v) is 7.35. The standard InChI is InChI=1S/C17H13NO2S/c1-20-17-13(8-9-15(19)16-7-4-10-21-16)11-12-5-2-3-6-14(12)18-17/h2-11H,1H3. The summed E-state index contributed by atoms with van der Waals surface area (Å²) in [5.41, 5.74) is 1.66. The molecule has 0 atom stereocenters. The Morgan fingerprint density at radius 1 is 1.24 bits per heavy atom. The lowest BCUT2D eigenvalue weighted by molar-refractivity contribution is 0.105. The van der Waals surface area contributed by atoms with E-state index in [0.717, 1.165) is 21.3 Å². The predicted molar refractivity (Wildman–Crippen MR) is 86.0 cm³/mol. The van der Waals surface area contributed by atoms with E-state index in [1.165, 1.54) is 11.3 Å². The SMILES string of the molecule is COc1nc2ccccc2cc1C=CC(=O)c1cccs1. The highest BCUT2D eigenvalue weighted by molar-refractivity contribution is 7.12. The normalized spacial score (nSPS) is 11.1. The molecule has 3 rings (SSSR count). The maximum Gasteiger partial charge on any atom is 0.221 e. The van der Waals surface area contributed by atoms with Crippen LogP contribution in [0.5, 0.6) is 5.88 Å². The lowest BCUT2D eigenvalue weighted by Crippen LogP contribution is -1.93. The molecule has 0 spiro atoms. The van der Waals surface area contributed by atoms with E-state index >= 15 is 0 Å². The Morgan fingerprint density at radius 2 is 2.10 bits per heavy atom. The second kappa shape index (κ2) is 5.89. The summed E-state index contributed by atoms with van der Waals surface area (Å²) in [5.74, 6) is 0.504. The number of hydrogen-bond acceptors (Lipinski definition) is 4. The molecular formula is C17H13NO2S. The zero-order chi connectivity index (χ0) is 14.7. The number of benzene rings is 1. The third-order valence-corrected chi connectivity index (χ3v) is 3.97. The van der Waals surface area contributed by atoms with Crippen LogP contribution in [0.4, 0.5) is 0 Å². The average molecular weight is 295 g/mol. The maximum atomic E-state index is 12.0. The van der Waals surface area contributed by atoms with Crippen molar-refractivity contribution in [2.75, 3.05) is 7.11 Å². The number of nitrogens with zero attached hydrogens (tertiary/aromatic N) is 1. The number of carbonyl (C=O) groups is 1. The monoisotopic (exact) mass is 295 g/mol. The average Bonchev–Trinajstić information content (AvgIpc) is 3.06. The van der Waals surface area contributed by atoms with Crippen LogP contribution in [0.3, 0.4) is 0 Å². The van der Waals surface area contributed by atoms with Gasteiger partial charge in [0.15, 0.2) is 5.78 Å². The second-order valence-corrected chi connectivity index (χ2v) is 5.40. The van der Waals surface area contributed by atoms with Crippen molar-refractivity contribution in [1.82, 2.24) is 4.98 Å². The zero-order valence-electron chi connectivity index (χ0n) is 11.4. The number of rotatable bonds is 4. The molecule has 0 aliphatic rings. The van der Waals surface area contributed by atoms with E-state index in [-0.39, 0.29) is 5.78 Å². The molecular weight excluding hydrogens is 282 g/mol. The molecule has 0 saturated heterocycles. The Hall–Kier alpha value is -2.46. The van der Waals surface area contributed by atoms with Crippen LogP contribution in [0.15, 0.2) is 53.9 Å². The lowest BCUT2D eigenvalue weighted by atomic mass is 10.1. The molecule has 3 aromatic rings. The summed E-state index contributed by atoms with van der Waals surface area (Å²) >= 11 is 1.43. The lowest BCUT2D eigenvalue weighted by Gasteiger charge is -2.05. The van der Waals surface area contributed by atoms with Crippen molar-refractivity contribution in [3.05, 3.63) is 64.4 Å². The number of methoxy groups -OCH3 is 1. The van der Waals surface area contributed by atoms with Crippen molar-refractivity contribution in [3.63, 3.8) is 0 Å². The van der Waals surface area contributed by atoms with Crippen molar-refractivity contribution in [2.24, 2.45) is 0 Å². The Labute approximate surface area is 126 Å². The van der Waals surface area contributed by atoms with Gasteiger partial charge in [-0.15, -0.1) is 11.3 Å². The third-order valence-electron chi connectivity index (χ3n) is 3.09. The molecule has 0 bridgehead atoms. The van der Waals surface area contributed by atoms with E-state index in [9.17, 15) is 4.79 Å². The summed E-state index contributed by atoms with van der Waals surface area (Å²) in [6.45, 7) is 0. The van der Waals surface area contributed by atoms with Crippen molar-refractivity contribution in [1.29, 1.82) is 0 Å². The summed E-state index contributed by atoms with van der Waals surface area (Å²) in [7, 11) is 1.58.